The Bertz CT molecular complexity index is 413. The van der Waals surface area contributed by atoms with Crippen LogP contribution in [0.15, 0.2) is 22.8 Å². The predicted octanol–water partition coefficient (Wildman–Crippen LogP) is 2.37. The summed E-state index contributed by atoms with van der Waals surface area (Å²) in [6, 6.07) is 3.19. The van der Waals surface area contributed by atoms with Crippen molar-refractivity contribution in [3.8, 4) is 0 Å². The minimum absolute atomic E-state index is 0.0113. The standard InChI is InChI=1S/C14H21NO5/c1-10(8-20-11-5-7-18-9-11)13(15(2)14(16)17)12-4-3-6-19-12/h3-4,6,10-11,13H,5,7-9H2,1-2H3,(H,16,17)/t10-,11+,13+/m1/s1. The first-order valence-electron chi connectivity index (χ1n) is 6.78. The molecule has 1 aliphatic heterocycles. The molecule has 1 N–H and O–H groups in total. The fraction of sp³-hybridized carbons (Fsp3) is 0.643. The zero-order valence-corrected chi connectivity index (χ0v) is 11.8. The van der Waals surface area contributed by atoms with E-state index in [0.717, 1.165) is 13.0 Å². The van der Waals surface area contributed by atoms with E-state index in [1.54, 1.807) is 25.4 Å². The first-order chi connectivity index (χ1) is 9.59. The second kappa shape index (κ2) is 6.76. The second-order valence-corrected chi connectivity index (χ2v) is 5.15. The monoisotopic (exact) mass is 283 g/mol. The van der Waals surface area contributed by atoms with Crippen LogP contribution in [0.1, 0.15) is 25.1 Å². The molecule has 1 amide bonds. The first-order valence-corrected chi connectivity index (χ1v) is 6.78. The molecule has 1 aliphatic rings. The normalized spacial score (nSPS) is 21.6. The maximum atomic E-state index is 11.2. The molecule has 0 aromatic carbocycles. The number of amides is 1. The predicted molar refractivity (Wildman–Crippen MR) is 71.6 cm³/mol. The van der Waals surface area contributed by atoms with Gasteiger partial charge < -0.3 is 23.9 Å². The summed E-state index contributed by atoms with van der Waals surface area (Å²) in [6.07, 6.45) is 1.58. The van der Waals surface area contributed by atoms with Gasteiger partial charge >= 0.3 is 6.09 Å². The first kappa shape index (κ1) is 14.9. The number of furan rings is 1. The van der Waals surface area contributed by atoms with Gasteiger partial charge in [-0.05, 0) is 18.6 Å². The van der Waals surface area contributed by atoms with E-state index in [0.29, 0.717) is 19.0 Å². The number of carbonyl (C=O) groups is 1. The maximum Gasteiger partial charge on any atom is 0.407 e. The molecule has 0 aliphatic carbocycles. The van der Waals surface area contributed by atoms with E-state index >= 15 is 0 Å². The van der Waals surface area contributed by atoms with Crippen molar-refractivity contribution in [1.82, 2.24) is 4.90 Å². The lowest BCUT2D eigenvalue weighted by molar-refractivity contribution is 0.00419. The summed E-state index contributed by atoms with van der Waals surface area (Å²) in [6.45, 7) is 3.78. The van der Waals surface area contributed by atoms with Crippen LogP contribution in [0, 0.1) is 5.92 Å². The summed E-state index contributed by atoms with van der Waals surface area (Å²) < 4.78 is 16.4. The number of nitrogens with zero attached hydrogens (tertiary/aromatic N) is 1. The Labute approximate surface area is 118 Å². The molecule has 0 radical (unpaired) electrons. The zero-order chi connectivity index (χ0) is 14.5. The van der Waals surface area contributed by atoms with Gasteiger partial charge in [0, 0.05) is 19.6 Å². The minimum atomic E-state index is -0.984. The van der Waals surface area contributed by atoms with Gasteiger partial charge in [0.2, 0.25) is 0 Å². The van der Waals surface area contributed by atoms with Crippen LogP contribution in [0.5, 0.6) is 0 Å². The number of carboxylic acid groups (broad SMARTS) is 1. The lowest BCUT2D eigenvalue weighted by Crippen LogP contribution is -2.35. The highest BCUT2D eigenvalue weighted by atomic mass is 16.5. The number of hydrogen-bond donors (Lipinski definition) is 1. The van der Waals surface area contributed by atoms with Gasteiger partial charge in [0.1, 0.15) is 5.76 Å². The Hall–Kier alpha value is -1.53. The third-order valence-corrected chi connectivity index (χ3v) is 3.58. The third kappa shape index (κ3) is 3.52. The number of ether oxygens (including phenoxy) is 2. The number of hydrogen-bond acceptors (Lipinski definition) is 4. The van der Waals surface area contributed by atoms with Crippen LogP contribution < -0.4 is 0 Å². The van der Waals surface area contributed by atoms with Gasteiger partial charge in [-0.25, -0.2) is 4.79 Å². The molecule has 20 heavy (non-hydrogen) atoms. The van der Waals surface area contributed by atoms with Crippen LogP contribution in [0.2, 0.25) is 0 Å². The summed E-state index contributed by atoms with van der Waals surface area (Å²) >= 11 is 0. The van der Waals surface area contributed by atoms with Crippen molar-refractivity contribution in [2.45, 2.75) is 25.5 Å². The van der Waals surface area contributed by atoms with Gasteiger partial charge in [-0.2, -0.15) is 0 Å². The molecule has 1 saturated heterocycles. The molecule has 1 fully saturated rings. The van der Waals surface area contributed by atoms with Crippen LogP contribution >= 0.6 is 0 Å². The Balaban J connectivity index is 1.99. The van der Waals surface area contributed by atoms with Crippen molar-refractivity contribution in [2.24, 2.45) is 5.92 Å². The molecule has 6 heteroatoms. The highest BCUT2D eigenvalue weighted by Gasteiger charge is 2.30. The topological polar surface area (TPSA) is 72.1 Å². The van der Waals surface area contributed by atoms with Crippen molar-refractivity contribution in [1.29, 1.82) is 0 Å². The van der Waals surface area contributed by atoms with Crippen LogP contribution in [0.4, 0.5) is 4.79 Å². The molecule has 2 rings (SSSR count). The summed E-state index contributed by atoms with van der Waals surface area (Å²) in [4.78, 5) is 12.5. The Morgan fingerprint density at radius 1 is 1.65 bits per heavy atom. The van der Waals surface area contributed by atoms with Gasteiger partial charge in [0.05, 0.1) is 31.6 Å². The second-order valence-electron chi connectivity index (χ2n) is 5.15. The van der Waals surface area contributed by atoms with E-state index in [-0.39, 0.29) is 18.1 Å². The van der Waals surface area contributed by atoms with Crippen molar-refractivity contribution in [3.63, 3.8) is 0 Å². The highest BCUT2D eigenvalue weighted by Crippen LogP contribution is 2.29. The van der Waals surface area contributed by atoms with E-state index < -0.39 is 6.09 Å². The average Bonchev–Trinajstić information content (AvgIpc) is 3.09. The fourth-order valence-electron chi connectivity index (χ4n) is 2.45. The average molecular weight is 283 g/mol. The van der Waals surface area contributed by atoms with E-state index in [2.05, 4.69) is 0 Å². The van der Waals surface area contributed by atoms with Gasteiger partial charge in [0.25, 0.3) is 0 Å². The molecule has 2 heterocycles. The molecule has 0 saturated carbocycles. The van der Waals surface area contributed by atoms with Gasteiger partial charge in [0.15, 0.2) is 0 Å². The van der Waals surface area contributed by atoms with E-state index in [4.69, 9.17) is 13.9 Å². The molecule has 6 nitrogen and oxygen atoms in total. The fourth-order valence-corrected chi connectivity index (χ4v) is 2.45. The molecule has 3 atom stereocenters. The van der Waals surface area contributed by atoms with Crippen LogP contribution in [-0.4, -0.2) is 49.1 Å². The summed E-state index contributed by atoms with van der Waals surface area (Å²) in [5, 5.41) is 9.20. The minimum Gasteiger partial charge on any atom is -0.467 e. The molecule has 0 bridgehead atoms. The lowest BCUT2D eigenvalue weighted by atomic mass is 9.99. The van der Waals surface area contributed by atoms with E-state index in [1.165, 1.54) is 4.90 Å². The van der Waals surface area contributed by atoms with Crippen LogP contribution in [0.25, 0.3) is 0 Å². The van der Waals surface area contributed by atoms with Gasteiger partial charge in [-0.15, -0.1) is 0 Å². The molecular weight excluding hydrogens is 262 g/mol. The number of rotatable bonds is 6. The van der Waals surface area contributed by atoms with Gasteiger partial charge in [-0.3, -0.25) is 0 Å². The zero-order valence-electron chi connectivity index (χ0n) is 11.8. The maximum absolute atomic E-state index is 11.2. The molecule has 1 aromatic rings. The van der Waals surface area contributed by atoms with E-state index in [9.17, 15) is 9.90 Å². The molecular formula is C14H21NO5. The van der Waals surface area contributed by atoms with Gasteiger partial charge in [-0.1, -0.05) is 6.92 Å². The van der Waals surface area contributed by atoms with Crippen molar-refractivity contribution in [2.75, 3.05) is 26.9 Å². The summed E-state index contributed by atoms with van der Waals surface area (Å²) in [5.41, 5.74) is 0. The molecule has 1 aromatic heterocycles. The Morgan fingerprint density at radius 2 is 2.45 bits per heavy atom. The molecule has 0 spiro atoms. The van der Waals surface area contributed by atoms with Crippen LogP contribution in [0.3, 0.4) is 0 Å². The molecule has 112 valence electrons. The summed E-state index contributed by atoms with van der Waals surface area (Å²) in [7, 11) is 1.55. The quantitative estimate of drug-likeness (QED) is 0.867. The van der Waals surface area contributed by atoms with Crippen molar-refractivity contribution >= 4 is 6.09 Å². The third-order valence-electron chi connectivity index (χ3n) is 3.58. The Morgan fingerprint density at radius 3 is 3.00 bits per heavy atom. The highest BCUT2D eigenvalue weighted by molar-refractivity contribution is 5.65. The largest absolute Gasteiger partial charge is 0.467 e. The Kier molecular flexibility index (Phi) is 5.03. The van der Waals surface area contributed by atoms with Crippen molar-refractivity contribution in [3.05, 3.63) is 24.2 Å². The molecule has 0 unspecified atom stereocenters. The van der Waals surface area contributed by atoms with Crippen molar-refractivity contribution < 1.29 is 23.8 Å². The lowest BCUT2D eigenvalue weighted by Gasteiger charge is -2.29. The SMILES string of the molecule is C[C@H](CO[C@H]1CCOC1)[C@@H](c1ccco1)N(C)C(=O)O. The summed E-state index contributed by atoms with van der Waals surface area (Å²) in [5.74, 6) is 0.622. The smallest absolute Gasteiger partial charge is 0.407 e. The van der Waals surface area contributed by atoms with Crippen LogP contribution in [-0.2, 0) is 9.47 Å². The van der Waals surface area contributed by atoms with E-state index in [1.807, 2.05) is 6.92 Å².